The lowest BCUT2D eigenvalue weighted by molar-refractivity contribution is 0.969. The van der Waals surface area contributed by atoms with E-state index >= 15 is 0 Å². The minimum atomic E-state index is 0.501. The largest absolute Gasteiger partial charge is 0.369 e. The molecule has 0 amide bonds. The van der Waals surface area contributed by atoms with Gasteiger partial charge in [-0.25, -0.2) is 4.98 Å². The summed E-state index contributed by atoms with van der Waals surface area (Å²) in [4.78, 5) is 8.69. The van der Waals surface area contributed by atoms with Crippen LogP contribution >= 0.6 is 23.2 Å². The monoisotopic (exact) mass is 281 g/mol. The quantitative estimate of drug-likeness (QED) is 0.909. The summed E-state index contributed by atoms with van der Waals surface area (Å²) in [6, 6.07) is 7.31. The zero-order valence-corrected chi connectivity index (χ0v) is 11.5. The van der Waals surface area contributed by atoms with E-state index in [9.17, 15) is 0 Å². The Hall–Kier alpha value is -1.32. The molecule has 2 heterocycles. The summed E-state index contributed by atoms with van der Waals surface area (Å²) < 4.78 is 0. The second-order valence-electron chi connectivity index (χ2n) is 3.79. The minimum Gasteiger partial charge on any atom is -0.369 e. The SMILES string of the molecule is CCCNc1nc(-c2ccccn2)c(Cl)cc1Cl. The molecule has 1 N–H and O–H groups in total. The molecule has 94 valence electrons. The lowest BCUT2D eigenvalue weighted by atomic mass is 10.2. The fourth-order valence-corrected chi connectivity index (χ4v) is 2.04. The van der Waals surface area contributed by atoms with Crippen LogP contribution < -0.4 is 5.32 Å². The van der Waals surface area contributed by atoms with Gasteiger partial charge in [0.15, 0.2) is 0 Å². The van der Waals surface area contributed by atoms with Gasteiger partial charge >= 0.3 is 0 Å². The molecule has 0 aliphatic heterocycles. The second kappa shape index (κ2) is 6.03. The summed E-state index contributed by atoms with van der Waals surface area (Å²) in [7, 11) is 0. The van der Waals surface area contributed by atoms with Crippen LogP contribution in [-0.4, -0.2) is 16.5 Å². The molecule has 2 aromatic rings. The Labute approximate surface area is 116 Å². The highest BCUT2D eigenvalue weighted by Crippen LogP contribution is 2.31. The predicted molar refractivity (Wildman–Crippen MR) is 76.3 cm³/mol. The van der Waals surface area contributed by atoms with Crippen molar-refractivity contribution >= 4 is 29.0 Å². The molecule has 0 fully saturated rings. The number of rotatable bonds is 4. The molecule has 0 bridgehead atoms. The third-order valence-electron chi connectivity index (χ3n) is 2.38. The van der Waals surface area contributed by atoms with Gasteiger partial charge in [0.1, 0.15) is 11.5 Å². The van der Waals surface area contributed by atoms with E-state index in [0.29, 0.717) is 21.6 Å². The van der Waals surface area contributed by atoms with E-state index in [0.717, 1.165) is 18.7 Å². The van der Waals surface area contributed by atoms with E-state index in [1.807, 2.05) is 18.2 Å². The number of nitrogens with zero attached hydrogens (tertiary/aromatic N) is 2. The maximum absolute atomic E-state index is 6.16. The van der Waals surface area contributed by atoms with Crippen molar-refractivity contribution < 1.29 is 0 Å². The van der Waals surface area contributed by atoms with Crippen molar-refractivity contribution in [2.45, 2.75) is 13.3 Å². The Bertz CT molecular complexity index is 529. The Kier molecular flexibility index (Phi) is 4.39. The average molecular weight is 282 g/mol. The molecule has 2 aromatic heterocycles. The van der Waals surface area contributed by atoms with Crippen molar-refractivity contribution in [3.05, 3.63) is 40.5 Å². The highest BCUT2D eigenvalue weighted by molar-refractivity contribution is 6.37. The Morgan fingerprint density at radius 3 is 2.72 bits per heavy atom. The summed E-state index contributed by atoms with van der Waals surface area (Å²) in [5.41, 5.74) is 1.37. The Balaban J connectivity index is 2.42. The Morgan fingerprint density at radius 2 is 2.06 bits per heavy atom. The number of nitrogens with one attached hydrogen (secondary N) is 1. The van der Waals surface area contributed by atoms with Crippen molar-refractivity contribution in [3.8, 4) is 11.4 Å². The molecule has 0 radical (unpaired) electrons. The summed E-state index contributed by atoms with van der Waals surface area (Å²) in [6.07, 6.45) is 2.71. The maximum atomic E-state index is 6.16. The van der Waals surface area contributed by atoms with Crippen LogP contribution in [0.4, 0.5) is 5.82 Å². The van der Waals surface area contributed by atoms with Crippen LogP contribution in [-0.2, 0) is 0 Å². The van der Waals surface area contributed by atoms with Crippen LogP contribution in [0.3, 0.4) is 0 Å². The summed E-state index contributed by atoms with van der Waals surface area (Å²) in [5, 5.41) is 4.19. The van der Waals surface area contributed by atoms with Crippen LogP contribution in [0.25, 0.3) is 11.4 Å². The molecule has 0 saturated heterocycles. The summed E-state index contributed by atoms with van der Waals surface area (Å²) in [6.45, 7) is 2.90. The number of anilines is 1. The van der Waals surface area contributed by atoms with E-state index in [-0.39, 0.29) is 0 Å². The number of hydrogen-bond donors (Lipinski definition) is 1. The van der Waals surface area contributed by atoms with Crippen LogP contribution in [0.1, 0.15) is 13.3 Å². The molecular formula is C13H13Cl2N3. The fraction of sp³-hybridized carbons (Fsp3) is 0.231. The number of hydrogen-bond acceptors (Lipinski definition) is 3. The number of aromatic nitrogens is 2. The van der Waals surface area contributed by atoms with Gasteiger partial charge in [0.25, 0.3) is 0 Å². The van der Waals surface area contributed by atoms with Crippen molar-refractivity contribution in [2.24, 2.45) is 0 Å². The molecule has 3 nitrogen and oxygen atoms in total. The third kappa shape index (κ3) is 2.92. The summed E-state index contributed by atoms with van der Waals surface area (Å²) >= 11 is 12.3. The Morgan fingerprint density at radius 1 is 1.22 bits per heavy atom. The van der Waals surface area contributed by atoms with Crippen LogP contribution in [0.5, 0.6) is 0 Å². The molecule has 5 heteroatoms. The zero-order chi connectivity index (χ0) is 13.0. The summed E-state index contributed by atoms with van der Waals surface area (Å²) in [5.74, 6) is 0.642. The predicted octanol–water partition coefficient (Wildman–Crippen LogP) is 4.27. The van der Waals surface area contributed by atoms with Crippen LogP contribution in [0, 0.1) is 0 Å². The molecule has 0 saturated carbocycles. The van der Waals surface area contributed by atoms with Gasteiger partial charge in [-0.2, -0.15) is 0 Å². The first kappa shape index (κ1) is 13.1. The highest BCUT2D eigenvalue weighted by atomic mass is 35.5. The zero-order valence-electron chi connectivity index (χ0n) is 9.95. The molecule has 2 rings (SSSR count). The minimum absolute atomic E-state index is 0.501. The normalized spacial score (nSPS) is 10.4. The van der Waals surface area contributed by atoms with E-state index in [2.05, 4.69) is 22.2 Å². The molecule has 0 aliphatic carbocycles. The van der Waals surface area contributed by atoms with Gasteiger partial charge in [0.05, 0.1) is 15.7 Å². The molecule has 0 spiro atoms. The number of halogens is 2. The van der Waals surface area contributed by atoms with Crippen molar-refractivity contribution in [2.75, 3.05) is 11.9 Å². The smallest absolute Gasteiger partial charge is 0.145 e. The van der Waals surface area contributed by atoms with Crippen molar-refractivity contribution in [3.63, 3.8) is 0 Å². The van der Waals surface area contributed by atoms with E-state index in [1.165, 1.54) is 0 Å². The lowest BCUT2D eigenvalue weighted by Crippen LogP contribution is -2.03. The van der Waals surface area contributed by atoms with Crippen LogP contribution in [0.2, 0.25) is 10.0 Å². The molecule has 0 aromatic carbocycles. The molecule has 0 unspecified atom stereocenters. The fourth-order valence-electron chi connectivity index (χ4n) is 1.52. The second-order valence-corrected chi connectivity index (χ2v) is 4.61. The van der Waals surface area contributed by atoms with Gasteiger partial charge in [0.2, 0.25) is 0 Å². The third-order valence-corrected chi connectivity index (χ3v) is 2.96. The molecule has 0 aliphatic rings. The standard InChI is InChI=1S/C13H13Cl2N3/c1-2-6-17-13-10(15)8-9(14)12(18-13)11-5-3-4-7-16-11/h3-5,7-8H,2,6H2,1H3,(H,17,18). The van der Waals surface area contributed by atoms with Gasteiger partial charge in [-0.05, 0) is 24.6 Å². The van der Waals surface area contributed by atoms with Gasteiger partial charge < -0.3 is 5.32 Å². The number of pyridine rings is 2. The van der Waals surface area contributed by atoms with Gasteiger partial charge in [-0.15, -0.1) is 0 Å². The molecule has 18 heavy (non-hydrogen) atoms. The van der Waals surface area contributed by atoms with E-state index in [1.54, 1.807) is 12.3 Å². The van der Waals surface area contributed by atoms with Gasteiger partial charge in [-0.1, -0.05) is 36.2 Å². The first-order valence-corrected chi connectivity index (χ1v) is 6.49. The average Bonchev–Trinajstić information content (AvgIpc) is 2.39. The van der Waals surface area contributed by atoms with E-state index < -0.39 is 0 Å². The maximum Gasteiger partial charge on any atom is 0.145 e. The van der Waals surface area contributed by atoms with Gasteiger partial charge in [-0.3, -0.25) is 4.98 Å². The van der Waals surface area contributed by atoms with Crippen molar-refractivity contribution in [1.29, 1.82) is 0 Å². The van der Waals surface area contributed by atoms with Crippen molar-refractivity contribution in [1.82, 2.24) is 9.97 Å². The first-order valence-electron chi connectivity index (χ1n) is 5.73. The molecular weight excluding hydrogens is 269 g/mol. The van der Waals surface area contributed by atoms with Crippen LogP contribution in [0.15, 0.2) is 30.5 Å². The van der Waals surface area contributed by atoms with Gasteiger partial charge in [0, 0.05) is 12.7 Å². The highest BCUT2D eigenvalue weighted by Gasteiger charge is 2.11. The molecule has 0 atom stereocenters. The topological polar surface area (TPSA) is 37.8 Å². The van der Waals surface area contributed by atoms with E-state index in [4.69, 9.17) is 23.2 Å². The first-order chi connectivity index (χ1) is 8.72. The lowest BCUT2D eigenvalue weighted by Gasteiger charge is -2.10.